The van der Waals surface area contributed by atoms with Crippen LogP contribution in [0.5, 0.6) is 0 Å². The van der Waals surface area contributed by atoms with E-state index in [0.717, 1.165) is 30.4 Å². The molecule has 0 bridgehead atoms. The zero-order chi connectivity index (χ0) is 15.4. The molecule has 1 atom stereocenters. The molecule has 6 nitrogen and oxygen atoms in total. The van der Waals surface area contributed by atoms with Gasteiger partial charge in [-0.3, -0.25) is 10.1 Å². The Morgan fingerprint density at radius 1 is 1.57 bits per heavy atom. The van der Waals surface area contributed by atoms with Crippen molar-refractivity contribution in [3.05, 3.63) is 32.8 Å². The quantitative estimate of drug-likeness (QED) is 0.518. The van der Waals surface area contributed by atoms with E-state index in [9.17, 15) is 14.9 Å². The molecule has 1 heterocycles. The van der Waals surface area contributed by atoms with Crippen LogP contribution in [0.3, 0.4) is 0 Å². The smallest absolute Gasteiger partial charge is 0.339 e. The van der Waals surface area contributed by atoms with Crippen LogP contribution < -0.4 is 5.32 Å². The van der Waals surface area contributed by atoms with Crippen LogP contribution in [0.1, 0.15) is 23.2 Å². The first kappa shape index (κ1) is 15.9. The molecule has 1 unspecified atom stereocenters. The summed E-state index contributed by atoms with van der Waals surface area (Å²) in [4.78, 5) is 22.2. The first-order valence-electron chi connectivity index (χ1n) is 6.43. The number of nitro groups is 1. The molecule has 8 heteroatoms. The molecule has 1 aliphatic heterocycles. The van der Waals surface area contributed by atoms with Crippen LogP contribution in [0.15, 0.2) is 12.1 Å². The molecule has 1 N–H and O–H groups in total. The summed E-state index contributed by atoms with van der Waals surface area (Å²) >= 11 is 7.84. The molecule has 1 saturated heterocycles. The fraction of sp³-hybridized carbons (Fsp3) is 0.462. The first-order valence-corrected chi connectivity index (χ1v) is 7.96. The maximum absolute atomic E-state index is 11.6. The number of ether oxygens (including phenoxy) is 1. The zero-order valence-corrected chi connectivity index (χ0v) is 13.0. The zero-order valence-electron chi connectivity index (χ0n) is 11.4. The molecule has 1 fully saturated rings. The van der Waals surface area contributed by atoms with Gasteiger partial charge in [-0.25, -0.2) is 4.79 Å². The van der Waals surface area contributed by atoms with Crippen molar-refractivity contribution in [2.75, 3.05) is 23.9 Å². The summed E-state index contributed by atoms with van der Waals surface area (Å²) in [5, 5.41) is 14.5. The number of carbonyl (C=O) groups is 1. The van der Waals surface area contributed by atoms with Crippen LogP contribution in [-0.2, 0) is 4.74 Å². The molecule has 1 aromatic rings. The van der Waals surface area contributed by atoms with E-state index in [-0.39, 0.29) is 22.3 Å². The minimum Gasteiger partial charge on any atom is -0.465 e. The van der Waals surface area contributed by atoms with Crippen LogP contribution in [-0.4, -0.2) is 35.5 Å². The van der Waals surface area contributed by atoms with Crippen LogP contribution in [0.4, 0.5) is 11.4 Å². The Morgan fingerprint density at radius 2 is 2.33 bits per heavy atom. The van der Waals surface area contributed by atoms with Crippen molar-refractivity contribution in [2.45, 2.75) is 18.9 Å². The maximum Gasteiger partial charge on any atom is 0.339 e. The summed E-state index contributed by atoms with van der Waals surface area (Å²) < 4.78 is 4.57. The second-order valence-corrected chi connectivity index (χ2v) is 6.21. The molecule has 0 radical (unpaired) electrons. The molecule has 114 valence electrons. The van der Waals surface area contributed by atoms with Crippen molar-refractivity contribution >= 4 is 40.7 Å². The van der Waals surface area contributed by atoms with Gasteiger partial charge in [0.15, 0.2) is 0 Å². The van der Waals surface area contributed by atoms with Crippen LogP contribution >= 0.6 is 23.4 Å². The van der Waals surface area contributed by atoms with Gasteiger partial charge in [0.05, 0.1) is 22.6 Å². The Labute approximate surface area is 131 Å². The highest BCUT2D eigenvalue weighted by atomic mass is 35.5. The second kappa shape index (κ2) is 7.00. The Bertz CT molecular complexity index is 561. The molecule has 1 aliphatic rings. The number of nitrogens with one attached hydrogen (secondary N) is 1. The lowest BCUT2D eigenvalue weighted by molar-refractivity contribution is -0.384. The third-order valence-corrected chi connectivity index (χ3v) is 4.74. The summed E-state index contributed by atoms with van der Waals surface area (Å²) in [6, 6.07) is 2.75. The summed E-state index contributed by atoms with van der Waals surface area (Å²) in [6.45, 7) is 0. The molecule has 0 saturated carbocycles. The molecular weight excluding hydrogens is 316 g/mol. The highest BCUT2D eigenvalue weighted by Crippen LogP contribution is 2.33. The average Bonchev–Trinajstić information content (AvgIpc) is 2.47. The minimum absolute atomic E-state index is 0.00515. The number of hydrogen-bond donors (Lipinski definition) is 1. The van der Waals surface area contributed by atoms with E-state index in [1.54, 1.807) is 0 Å². The molecule has 2 rings (SSSR count). The molecule has 0 aliphatic carbocycles. The number of rotatable bonds is 4. The average molecular weight is 331 g/mol. The third kappa shape index (κ3) is 3.79. The number of halogens is 1. The molecule has 0 amide bonds. The van der Waals surface area contributed by atoms with Crippen molar-refractivity contribution in [1.82, 2.24) is 0 Å². The van der Waals surface area contributed by atoms with E-state index in [2.05, 4.69) is 10.1 Å². The molecule has 1 aromatic carbocycles. The van der Waals surface area contributed by atoms with E-state index in [0.29, 0.717) is 5.69 Å². The minimum atomic E-state index is -0.692. The summed E-state index contributed by atoms with van der Waals surface area (Å²) in [5.74, 6) is 1.32. The van der Waals surface area contributed by atoms with E-state index in [1.807, 2.05) is 11.8 Å². The number of benzene rings is 1. The van der Waals surface area contributed by atoms with Gasteiger partial charge in [-0.05, 0) is 24.7 Å². The SMILES string of the molecule is COC(=O)c1cc([N+](=O)[O-])c(NC2CCCSC2)cc1Cl. The number of nitro benzene ring substituents is 1. The van der Waals surface area contributed by atoms with Gasteiger partial charge in [-0.15, -0.1) is 0 Å². The molecule has 0 spiro atoms. The van der Waals surface area contributed by atoms with Crippen molar-refractivity contribution in [1.29, 1.82) is 0 Å². The second-order valence-electron chi connectivity index (χ2n) is 4.66. The Balaban J connectivity index is 2.33. The lowest BCUT2D eigenvalue weighted by Gasteiger charge is -2.23. The number of nitrogens with zero attached hydrogens (tertiary/aromatic N) is 1. The van der Waals surface area contributed by atoms with Crippen molar-refractivity contribution in [3.63, 3.8) is 0 Å². The summed E-state index contributed by atoms with van der Waals surface area (Å²) in [6.07, 6.45) is 2.03. The number of carbonyl (C=O) groups excluding carboxylic acids is 1. The molecule has 21 heavy (non-hydrogen) atoms. The van der Waals surface area contributed by atoms with Crippen LogP contribution in [0, 0.1) is 10.1 Å². The van der Waals surface area contributed by atoms with Gasteiger partial charge in [-0.2, -0.15) is 11.8 Å². The standard InChI is InChI=1S/C13H15ClN2O4S/c1-20-13(17)9-5-12(16(18)19)11(6-10(9)14)15-8-3-2-4-21-7-8/h5-6,8,15H,2-4,7H2,1H3. The van der Waals surface area contributed by atoms with Gasteiger partial charge in [0.2, 0.25) is 0 Å². The number of methoxy groups -OCH3 is 1. The summed E-state index contributed by atoms with van der Waals surface area (Å²) in [7, 11) is 1.20. The van der Waals surface area contributed by atoms with E-state index in [1.165, 1.54) is 13.2 Å². The van der Waals surface area contributed by atoms with E-state index >= 15 is 0 Å². The van der Waals surface area contributed by atoms with E-state index in [4.69, 9.17) is 11.6 Å². The Hall–Kier alpha value is -1.47. The van der Waals surface area contributed by atoms with Crippen molar-refractivity contribution in [2.24, 2.45) is 0 Å². The van der Waals surface area contributed by atoms with Gasteiger partial charge in [0.25, 0.3) is 5.69 Å². The lowest BCUT2D eigenvalue weighted by Crippen LogP contribution is -2.26. The Morgan fingerprint density at radius 3 is 2.90 bits per heavy atom. The van der Waals surface area contributed by atoms with Crippen LogP contribution in [0.2, 0.25) is 5.02 Å². The van der Waals surface area contributed by atoms with Gasteiger partial charge in [0, 0.05) is 17.9 Å². The predicted molar refractivity (Wildman–Crippen MR) is 83.4 cm³/mol. The molecule has 0 aromatic heterocycles. The van der Waals surface area contributed by atoms with Gasteiger partial charge >= 0.3 is 5.97 Å². The molecular formula is C13H15ClN2O4S. The predicted octanol–water partition coefficient (Wildman–Crippen LogP) is 3.34. The van der Waals surface area contributed by atoms with Gasteiger partial charge in [-0.1, -0.05) is 11.6 Å². The number of esters is 1. The number of hydrogen-bond acceptors (Lipinski definition) is 6. The monoisotopic (exact) mass is 330 g/mol. The van der Waals surface area contributed by atoms with Gasteiger partial charge < -0.3 is 10.1 Å². The maximum atomic E-state index is 11.6. The third-order valence-electron chi connectivity index (χ3n) is 3.21. The highest BCUT2D eigenvalue weighted by molar-refractivity contribution is 7.99. The largest absolute Gasteiger partial charge is 0.465 e. The fourth-order valence-corrected chi connectivity index (χ4v) is 3.48. The number of thioether (sulfide) groups is 1. The van der Waals surface area contributed by atoms with Crippen molar-refractivity contribution < 1.29 is 14.5 Å². The lowest BCUT2D eigenvalue weighted by atomic mass is 10.1. The topological polar surface area (TPSA) is 81.5 Å². The normalized spacial score (nSPS) is 18.1. The van der Waals surface area contributed by atoms with Crippen LogP contribution in [0.25, 0.3) is 0 Å². The highest BCUT2D eigenvalue weighted by Gasteiger charge is 2.24. The number of anilines is 1. The van der Waals surface area contributed by atoms with E-state index < -0.39 is 10.9 Å². The van der Waals surface area contributed by atoms with Crippen molar-refractivity contribution in [3.8, 4) is 0 Å². The summed E-state index contributed by atoms with van der Waals surface area (Å²) in [5.41, 5.74) is 0.162. The van der Waals surface area contributed by atoms with Gasteiger partial charge in [0.1, 0.15) is 5.69 Å². The Kier molecular flexibility index (Phi) is 5.30. The first-order chi connectivity index (χ1) is 10.0. The fourth-order valence-electron chi connectivity index (χ4n) is 2.17.